The number of benzene rings is 2. The number of unbranched alkanes of at least 4 members (excludes halogenated alkanes) is 1. The van der Waals surface area contributed by atoms with Gasteiger partial charge in [0.05, 0.1) is 28.7 Å². The molecule has 2 amide bonds. The Kier molecular flexibility index (Phi) is 15.7. The number of likely N-dealkylation sites (tertiary alicyclic amines) is 2. The molecule has 0 saturated carbocycles. The molecule has 15 nitrogen and oxygen atoms in total. The van der Waals surface area contributed by atoms with Gasteiger partial charge >= 0.3 is 11.9 Å². The smallest absolute Gasteiger partial charge is 0.407 e. The maximum atomic E-state index is 14.8. The van der Waals surface area contributed by atoms with E-state index in [1.54, 1.807) is 26.0 Å². The zero-order valence-electron chi connectivity index (χ0n) is 42.0. The summed E-state index contributed by atoms with van der Waals surface area (Å²) in [4.78, 5) is 57.7. The fraction of sp³-hybridized carbons (Fsp3) is 0.642. The monoisotopic (exact) mass is 941 g/mol. The fourth-order valence-corrected chi connectivity index (χ4v) is 10.8. The number of aliphatic hydroxyl groups excluding tert-OH is 1. The van der Waals surface area contributed by atoms with E-state index in [9.17, 15) is 29.7 Å². The minimum Gasteiger partial charge on any atom is -0.507 e. The summed E-state index contributed by atoms with van der Waals surface area (Å²) in [7, 11) is 0. The number of phenolic OH excluding ortho intramolecular Hbond substituents is 2. The Morgan fingerprint density at radius 2 is 1.68 bits per heavy atom. The van der Waals surface area contributed by atoms with Crippen LogP contribution in [0.4, 0.5) is 10.5 Å². The van der Waals surface area contributed by atoms with E-state index in [4.69, 9.17) is 24.2 Å². The van der Waals surface area contributed by atoms with Crippen molar-refractivity contribution < 1.29 is 43.9 Å². The first kappa shape index (κ1) is 50.9. The number of aromatic hydroxyl groups is 2. The summed E-state index contributed by atoms with van der Waals surface area (Å²) in [6, 6.07) is -0.00489. The molecule has 372 valence electrons. The molecule has 0 aliphatic carbocycles. The lowest BCUT2D eigenvalue weighted by Gasteiger charge is -2.36. The normalized spacial score (nSPS) is 30.2. The van der Waals surface area contributed by atoms with Gasteiger partial charge in [0.2, 0.25) is 0 Å². The summed E-state index contributed by atoms with van der Waals surface area (Å²) in [6.45, 7) is 24.5. The summed E-state index contributed by atoms with van der Waals surface area (Å²) >= 11 is 0. The number of ketones is 1. The third-order valence-corrected chi connectivity index (χ3v) is 14.9. The zero-order valence-corrected chi connectivity index (χ0v) is 42.0. The number of allylic oxidation sites excluding steroid dienone is 4. The predicted octanol–water partition coefficient (Wildman–Crippen LogP) is 7.58. The number of carbonyl (C=O) groups excluding carboxylic acids is 3. The van der Waals surface area contributed by atoms with E-state index < -0.39 is 53.1 Å². The molecular weight excluding hydrogens is 865 g/mol. The highest BCUT2D eigenvalue weighted by atomic mass is 16.7. The average molecular weight is 941 g/mol. The van der Waals surface area contributed by atoms with Crippen molar-refractivity contribution in [3.63, 3.8) is 0 Å². The Hall–Kier alpha value is -4.99. The van der Waals surface area contributed by atoms with Gasteiger partial charge in [-0.15, -0.1) is 0 Å². The van der Waals surface area contributed by atoms with Gasteiger partial charge in [0.15, 0.2) is 11.4 Å². The summed E-state index contributed by atoms with van der Waals surface area (Å²) in [6.07, 6.45) is 12.8. The molecule has 1 spiro atoms. The number of aliphatic hydroxyl groups is 1. The summed E-state index contributed by atoms with van der Waals surface area (Å²) in [5.74, 6) is -4.00. The number of hydrogen-bond donors (Lipinski definition) is 5. The van der Waals surface area contributed by atoms with Crippen molar-refractivity contribution in [2.24, 2.45) is 39.6 Å². The number of ether oxygens (including phenoxy) is 3. The Bertz CT molecular complexity index is 2450. The number of Topliss-reactive ketones (excluding diaryl/α,β-unsaturated/α-hetero) is 1. The molecule has 2 aromatic carbocycles. The maximum Gasteiger partial charge on any atom is 0.407 e. The largest absolute Gasteiger partial charge is 0.507 e. The highest BCUT2D eigenvalue weighted by molar-refractivity contribution is 6.19. The molecule has 6 aliphatic rings. The van der Waals surface area contributed by atoms with Crippen LogP contribution in [0.25, 0.3) is 10.8 Å². The first-order valence-corrected chi connectivity index (χ1v) is 25.1. The van der Waals surface area contributed by atoms with Crippen molar-refractivity contribution in [2.75, 3.05) is 44.6 Å². The van der Waals surface area contributed by atoms with Crippen molar-refractivity contribution in [1.82, 2.24) is 15.1 Å². The van der Waals surface area contributed by atoms with E-state index in [-0.39, 0.29) is 73.6 Å². The lowest BCUT2D eigenvalue weighted by atomic mass is 9.80. The molecule has 15 heteroatoms. The number of piperidine rings is 2. The number of amides is 2. The first-order valence-electron chi connectivity index (χ1n) is 25.1. The van der Waals surface area contributed by atoms with Crippen molar-refractivity contribution in [2.45, 2.75) is 150 Å². The second-order valence-corrected chi connectivity index (χ2v) is 21.0. The molecule has 2 aromatic rings. The van der Waals surface area contributed by atoms with Crippen molar-refractivity contribution >= 4 is 34.2 Å². The predicted molar refractivity (Wildman–Crippen MR) is 262 cm³/mol. The maximum absolute atomic E-state index is 14.8. The standard InChI is InChI=1S/C53H76N6O9/c1-11-12-22-58-23-18-37(19-24-58)54-51(65)67-47-32(5)17-14-27-66-52(10)49(63)40-38-39(45(61)36(9)48(40)68-52)46(62)43(42-41(38)56-53(57-42)20-25-59(26-21-53)29-30(2)3)55-50(64)33(6)16-13-15-31(4)28-34(7)44(60)35(47)8/h13-16,27,30-32,34-35,37,44,47,60-62H,11-12,17-26,28-29H2,1-10H3,(H,54,65)(H,55,64)/b15-13+,27-14+,33-16-/t31?,32-,34-,35-,44?,47?,52?/m1/s1. The topological polar surface area (TPSA) is 195 Å². The summed E-state index contributed by atoms with van der Waals surface area (Å²) in [5, 5.41) is 42.6. The molecule has 8 rings (SSSR count). The second kappa shape index (κ2) is 20.9. The number of alkyl carbamates (subject to hydrolysis) is 1. The lowest BCUT2D eigenvalue weighted by molar-refractivity contribution is -0.112. The van der Waals surface area contributed by atoms with E-state index >= 15 is 0 Å². The van der Waals surface area contributed by atoms with E-state index in [0.29, 0.717) is 37.2 Å². The molecule has 2 saturated heterocycles. The number of fused-ring (bicyclic) bond motifs is 13. The van der Waals surface area contributed by atoms with Crippen molar-refractivity contribution in [1.29, 1.82) is 0 Å². The molecule has 4 unspecified atom stereocenters. The van der Waals surface area contributed by atoms with Gasteiger partial charge < -0.3 is 50.0 Å². The minimum absolute atomic E-state index is 0.000743. The number of rotatable bonds is 7. The van der Waals surface area contributed by atoms with Crippen LogP contribution in [0.5, 0.6) is 17.2 Å². The van der Waals surface area contributed by atoms with Gasteiger partial charge in [-0.25, -0.2) is 4.79 Å². The molecule has 5 N–H and O–H groups in total. The Balaban J connectivity index is 1.25. The molecule has 0 radical (unpaired) electrons. The second-order valence-electron chi connectivity index (χ2n) is 21.0. The van der Waals surface area contributed by atoms with Gasteiger partial charge in [-0.2, -0.15) is 0 Å². The molecule has 5 bridgehead atoms. The van der Waals surface area contributed by atoms with Gasteiger partial charge in [-0.3, -0.25) is 19.6 Å². The van der Waals surface area contributed by atoms with Gasteiger partial charge in [0.25, 0.3) is 11.7 Å². The number of nitrogens with zero attached hydrogens (tertiary/aromatic N) is 4. The first-order chi connectivity index (χ1) is 32.3. The molecule has 6 aliphatic heterocycles. The molecule has 0 aromatic heterocycles. The SMILES string of the molecule is CCCCN1CCC(NC(=O)OC2[C@H](C)C(O)[C@H](C)CC(C)/C=C/C=C(/C)C(=O)Nc3c(O)c4c(O)c(C)c5c(c4c4c3=NC3(CCN(CC(C)C)CC3)N=4)C(=O)C(C)(O/C=C/C[C@H]2C)O5)CC1. The van der Waals surface area contributed by atoms with Crippen LogP contribution in [0.1, 0.15) is 130 Å². The number of nitrogens with one attached hydrogen (secondary N) is 2. The van der Waals surface area contributed by atoms with Gasteiger partial charge in [-0.05, 0) is 82.2 Å². The van der Waals surface area contributed by atoms with Crippen LogP contribution >= 0.6 is 0 Å². The van der Waals surface area contributed by atoms with E-state index in [2.05, 4.69) is 41.2 Å². The number of anilines is 1. The summed E-state index contributed by atoms with van der Waals surface area (Å²) in [5.41, 5.74) is -0.288. The fourth-order valence-electron chi connectivity index (χ4n) is 10.8. The number of hydrogen-bond acceptors (Lipinski definition) is 13. The zero-order chi connectivity index (χ0) is 49.2. The van der Waals surface area contributed by atoms with Crippen LogP contribution < -0.4 is 26.1 Å². The Morgan fingerprint density at radius 1 is 0.985 bits per heavy atom. The van der Waals surface area contributed by atoms with Gasteiger partial charge in [-0.1, -0.05) is 73.1 Å². The number of phenols is 2. The van der Waals surface area contributed by atoms with Crippen LogP contribution in [-0.2, 0) is 14.3 Å². The lowest BCUT2D eigenvalue weighted by Crippen LogP contribution is -2.47. The van der Waals surface area contributed by atoms with E-state index in [1.807, 2.05) is 39.8 Å². The van der Waals surface area contributed by atoms with Crippen LogP contribution in [0, 0.1) is 36.5 Å². The molecular formula is C53H76N6O9. The Morgan fingerprint density at radius 3 is 2.35 bits per heavy atom. The van der Waals surface area contributed by atoms with Crippen molar-refractivity contribution in [3.8, 4) is 17.2 Å². The van der Waals surface area contributed by atoms with Crippen LogP contribution in [0.15, 0.2) is 46.1 Å². The van der Waals surface area contributed by atoms with Crippen LogP contribution in [-0.4, -0.2) is 112 Å². The van der Waals surface area contributed by atoms with Crippen molar-refractivity contribution in [3.05, 3.63) is 58.0 Å². The average Bonchev–Trinajstić information content (AvgIpc) is 3.80. The van der Waals surface area contributed by atoms with Gasteiger partial charge in [0, 0.05) is 81.0 Å². The third kappa shape index (κ3) is 10.6. The Labute approximate surface area is 401 Å². The highest BCUT2D eigenvalue weighted by Gasteiger charge is 2.50. The molecule has 7 atom stereocenters. The van der Waals surface area contributed by atoms with Gasteiger partial charge in [0.1, 0.15) is 28.6 Å². The summed E-state index contributed by atoms with van der Waals surface area (Å²) < 4.78 is 18.8. The van der Waals surface area contributed by atoms with Crippen LogP contribution in [0.3, 0.4) is 0 Å². The molecule has 68 heavy (non-hydrogen) atoms. The molecule has 2 fully saturated rings. The number of carbonyl (C=O) groups is 3. The third-order valence-electron chi connectivity index (χ3n) is 14.9. The minimum atomic E-state index is -1.88. The quantitative estimate of drug-likeness (QED) is 0.172. The van der Waals surface area contributed by atoms with E-state index in [0.717, 1.165) is 65.0 Å². The van der Waals surface area contributed by atoms with E-state index in [1.165, 1.54) is 13.2 Å². The van der Waals surface area contributed by atoms with Crippen LogP contribution in [0.2, 0.25) is 0 Å². The highest BCUT2D eigenvalue weighted by Crippen LogP contribution is 2.50. The molecule has 6 heterocycles.